The van der Waals surface area contributed by atoms with Gasteiger partial charge in [0.05, 0.1) is 7.11 Å². The number of benzene rings is 2. The van der Waals surface area contributed by atoms with E-state index in [4.69, 9.17) is 14.2 Å². The minimum atomic E-state index is 0.445. The van der Waals surface area contributed by atoms with Crippen molar-refractivity contribution in [3.63, 3.8) is 0 Å². The SMILES string of the molecule is CNCc1cc(Br)cc(OC)c1OCCOc1ccc(C(C)C)cc1. The molecule has 2 aromatic carbocycles. The number of hydrogen-bond donors (Lipinski definition) is 1. The molecule has 0 heterocycles. The summed E-state index contributed by atoms with van der Waals surface area (Å²) in [7, 11) is 3.55. The fourth-order valence-electron chi connectivity index (χ4n) is 2.51. The molecule has 0 fully saturated rings. The normalized spacial score (nSPS) is 10.8. The van der Waals surface area contributed by atoms with Crippen molar-refractivity contribution in [3.8, 4) is 17.2 Å². The molecule has 4 nitrogen and oxygen atoms in total. The van der Waals surface area contributed by atoms with Crippen molar-refractivity contribution in [1.29, 1.82) is 0 Å². The van der Waals surface area contributed by atoms with Gasteiger partial charge in [-0.1, -0.05) is 41.9 Å². The molecular formula is C20H26BrNO3. The van der Waals surface area contributed by atoms with Gasteiger partial charge in [-0.25, -0.2) is 0 Å². The largest absolute Gasteiger partial charge is 0.493 e. The highest BCUT2D eigenvalue weighted by Crippen LogP contribution is 2.34. The van der Waals surface area contributed by atoms with Crippen LogP contribution in [-0.4, -0.2) is 27.4 Å². The Morgan fingerprint density at radius 3 is 2.32 bits per heavy atom. The number of halogens is 1. The van der Waals surface area contributed by atoms with E-state index in [0.717, 1.165) is 21.5 Å². The summed E-state index contributed by atoms with van der Waals surface area (Å²) in [5.41, 5.74) is 2.34. The molecule has 0 radical (unpaired) electrons. The van der Waals surface area contributed by atoms with Gasteiger partial charge in [-0.3, -0.25) is 0 Å². The summed E-state index contributed by atoms with van der Waals surface area (Å²) in [6, 6.07) is 12.1. The maximum absolute atomic E-state index is 5.94. The fourth-order valence-corrected chi connectivity index (χ4v) is 3.00. The molecule has 0 unspecified atom stereocenters. The average molecular weight is 408 g/mol. The van der Waals surface area contributed by atoms with Gasteiger partial charge in [0.1, 0.15) is 19.0 Å². The van der Waals surface area contributed by atoms with Gasteiger partial charge >= 0.3 is 0 Å². The molecule has 2 rings (SSSR count). The van der Waals surface area contributed by atoms with E-state index in [1.165, 1.54) is 5.56 Å². The van der Waals surface area contributed by atoms with E-state index in [2.05, 4.69) is 47.2 Å². The lowest BCUT2D eigenvalue weighted by Crippen LogP contribution is -2.13. The van der Waals surface area contributed by atoms with Crippen molar-refractivity contribution in [2.45, 2.75) is 26.3 Å². The van der Waals surface area contributed by atoms with Crippen LogP contribution in [0.2, 0.25) is 0 Å². The predicted octanol–water partition coefficient (Wildman–Crippen LogP) is 4.76. The van der Waals surface area contributed by atoms with Crippen LogP contribution >= 0.6 is 15.9 Å². The van der Waals surface area contributed by atoms with Gasteiger partial charge in [0.25, 0.3) is 0 Å². The molecule has 5 heteroatoms. The van der Waals surface area contributed by atoms with E-state index in [1.807, 2.05) is 31.3 Å². The molecule has 2 aromatic rings. The molecule has 0 atom stereocenters. The summed E-state index contributed by atoms with van der Waals surface area (Å²) in [5.74, 6) is 2.83. The van der Waals surface area contributed by atoms with Crippen LogP contribution in [0.1, 0.15) is 30.9 Å². The molecule has 1 N–H and O–H groups in total. The molecule has 0 aromatic heterocycles. The lowest BCUT2D eigenvalue weighted by molar-refractivity contribution is 0.209. The van der Waals surface area contributed by atoms with Crippen LogP contribution in [0.25, 0.3) is 0 Å². The van der Waals surface area contributed by atoms with Crippen LogP contribution in [0.3, 0.4) is 0 Å². The van der Waals surface area contributed by atoms with Crippen molar-refractivity contribution >= 4 is 15.9 Å². The van der Waals surface area contributed by atoms with E-state index < -0.39 is 0 Å². The van der Waals surface area contributed by atoms with E-state index in [0.29, 0.717) is 31.4 Å². The molecule has 0 saturated carbocycles. The first-order valence-electron chi connectivity index (χ1n) is 8.41. The van der Waals surface area contributed by atoms with Gasteiger partial charge < -0.3 is 19.5 Å². The number of methoxy groups -OCH3 is 1. The third-order valence-corrected chi connectivity index (χ3v) is 4.29. The van der Waals surface area contributed by atoms with Crippen LogP contribution in [-0.2, 0) is 6.54 Å². The Balaban J connectivity index is 1.94. The van der Waals surface area contributed by atoms with Gasteiger partial charge in [-0.05, 0) is 42.8 Å². The maximum Gasteiger partial charge on any atom is 0.165 e. The Labute approximate surface area is 158 Å². The predicted molar refractivity (Wildman–Crippen MR) is 105 cm³/mol. The summed E-state index contributed by atoms with van der Waals surface area (Å²) >= 11 is 3.50. The Morgan fingerprint density at radius 1 is 1.04 bits per heavy atom. The highest BCUT2D eigenvalue weighted by Gasteiger charge is 2.12. The minimum absolute atomic E-state index is 0.445. The molecule has 0 amide bonds. The molecule has 0 saturated heterocycles. The third-order valence-electron chi connectivity index (χ3n) is 3.83. The van der Waals surface area contributed by atoms with Crippen molar-refractivity contribution in [2.24, 2.45) is 0 Å². The summed E-state index contributed by atoms with van der Waals surface area (Å²) in [6.45, 7) is 5.97. The van der Waals surface area contributed by atoms with Gasteiger partial charge in [0.2, 0.25) is 0 Å². The molecule has 136 valence electrons. The van der Waals surface area contributed by atoms with Crippen LogP contribution in [0.15, 0.2) is 40.9 Å². The Bertz CT molecular complexity index is 671. The van der Waals surface area contributed by atoms with Crippen molar-refractivity contribution in [3.05, 3.63) is 52.0 Å². The van der Waals surface area contributed by atoms with E-state index >= 15 is 0 Å². The first-order valence-corrected chi connectivity index (χ1v) is 9.21. The van der Waals surface area contributed by atoms with Crippen LogP contribution < -0.4 is 19.5 Å². The molecule has 0 aliphatic carbocycles. The minimum Gasteiger partial charge on any atom is -0.493 e. The van der Waals surface area contributed by atoms with Gasteiger partial charge in [0, 0.05) is 16.6 Å². The van der Waals surface area contributed by atoms with Gasteiger partial charge in [-0.15, -0.1) is 0 Å². The quantitative estimate of drug-likeness (QED) is 0.608. The summed E-state index contributed by atoms with van der Waals surface area (Å²) in [4.78, 5) is 0. The second kappa shape index (κ2) is 9.68. The topological polar surface area (TPSA) is 39.7 Å². The molecule has 25 heavy (non-hydrogen) atoms. The second-order valence-corrected chi connectivity index (χ2v) is 6.96. The summed E-state index contributed by atoms with van der Waals surface area (Å²) in [6.07, 6.45) is 0. The van der Waals surface area contributed by atoms with Crippen LogP contribution in [0.4, 0.5) is 0 Å². The Kier molecular flexibility index (Phi) is 7.59. The number of rotatable bonds is 9. The van der Waals surface area contributed by atoms with Crippen LogP contribution in [0.5, 0.6) is 17.2 Å². The smallest absolute Gasteiger partial charge is 0.165 e. The standard InChI is InChI=1S/C20H26BrNO3/c1-14(2)15-5-7-18(8-6-15)24-9-10-25-20-16(13-22-3)11-17(21)12-19(20)23-4/h5-8,11-12,14,22H,9-10,13H2,1-4H3. The zero-order valence-electron chi connectivity index (χ0n) is 15.3. The van der Waals surface area contributed by atoms with Gasteiger partial charge in [0.15, 0.2) is 11.5 Å². The number of ether oxygens (including phenoxy) is 3. The number of hydrogen-bond acceptors (Lipinski definition) is 4. The van der Waals surface area contributed by atoms with Crippen LogP contribution in [0, 0.1) is 0 Å². The Hall–Kier alpha value is -1.72. The number of nitrogens with one attached hydrogen (secondary N) is 1. The lowest BCUT2D eigenvalue weighted by Gasteiger charge is -2.16. The first-order chi connectivity index (χ1) is 12.0. The van der Waals surface area contributed by atoms with E-state index in [9.17, 15) is 0 Å². The first kappa shape index (κ1) is 19.6. The summed E-state index contributed by atoms with van der Waals surface area (Å²) in [5, 5.41) is 3.15. The lowest BCUT2D eigenvalue weighted by atomic mass is 10.0. The van der Waals surface area contributed by atoms with E-state index in [-0.39, 0.29) is 0 Å². The maximum atomic E-state index is 5.94. The zero-order valence-corrected chi connectivity index (χ0v) is 16.9. The molecule has 0 spiro atoms. The highest BCUT2D eigenvalue weighted by molar-refractivity contribution is 9.10. The summed E-state index contributed by atoms with van der Waals surface area (Å²) < 4.78 is 18.1. The molecule has 0 aliphatic heterocycles. The van der Waals surface area contributed by atoms with Crippen molar-refractivity contribution in [1.82, 2.24) is 5.32 Å². The highest BCUT2D eigenvalue weighted by atomic mass is 79.9. The zero-order chi connectivity index (χ0) is 18.2. The second-order valence-electron chi connectivity index (χ2n) is 6.05. The average Bonchev–Trinajstić information content (AvgIpc) is 2.60. The fraction of sp³-hybridized carbons (Fsp3) is 0.400. The Morgan fingerprint density at radius 2 is 1.72 bits per heavy atom. The monoisotopic (exact) mass is 407 g/mol. The third kappa shape index (κ3) is 5.65. The molecular weight excluding hydrogens is 382 g/mol. The van der Waals surface area contributed by atoms with Crippen molar-refractivity contribution in [2.75, 3.05) is 27.4 Å². The van der Waals surface area contributed by atoms with Gasteiger partial charge in [-0.2, -0.15) is 0 Å². The molecule has 0 bridgehead atoms. The van der Waals surface area contributed by atoms with Crippen molar-refractivity contribution < 1.29 is 14.2 Å². The molecule has 0 aliphatic rings. The van der Waals surface area contributed by atoms with E-state index in [1.54, 1.807) is 7.11 Å².